The van der Waals surface area contributed by atoms with E-state index in [1.807, 2.05) is 19.2 Å². The first-order valence-corrected chi connectivity index (χ1v) is 9.53. The summed E-state index contributed by atoms with van der Waals surface area (Å²) in [5, 5.41) is 7.98. The molecular formula is C16H25N5O3S. The van der Waals surface area contributed by atoms with Gasteiger partial charge in [-0.3, -0.25) is 15.0 Å². The summed E-state index contributed by atoms with van der Waals surface area (Å²) in [6.07, 6.45) is 0.643. The van der Waals surface area contributed by atoms with Crippen molar-refractivity contribution < 1.29 is 14.3 Å². The van der Waals surface area contributed by atoms with Gasteiger partial charge in [-0.2, -0.15) is 0 Å². The lowest BCUT2D eigenvalue weighted by Gasteiger charge is -2.25. The van der Waals surface area contributed by atoms with Gasteiger partial charge in [-0.15, -0.1) is 11.3 Å². The number of carbonyl (C=O) groups is 2. The molecule has 0 aliphatic carbocycles. The largest absolute Gasteiger partial charge is 0.379 e. The number of thiazole rings is 1. The Kier molecular flexibility index (Phi) is 5.87. The van der Waals surface area contributed by atoms with Crippen LogP contribution in [0.15, 0.2) is 5.38 Å². The zero-order chi connectivity index (χ0) is 17.8. The molecule has 3 amide bonds. The van der Waals surface area contributed by atoms with Crippen molar-refractivity contribution in [3.63, 3.8) is 0 Å². The Balaban J connectivity index is 1.47. The molecule has 8 nitrogen and oxygen atoms in total. The van der Waals surface area contributed by atoms with Crippen molar-refractivity contribution in [2.45, 2.75) is 38.9 Å². The Bertz CT molecular complexity index is 615. The van der Waals surface area contributed by atoms with Crippen LogP contribution in [0.4, 0.5) is 9.93 Å². The first kappa shape index (κ1) is 18.1. The summed E-state index contributed by atoms with van der Waals surface area (Å²) < 4.78 is 5.33. The molecule has 0 spiro atoms. The molecule has 3 rings (SSSR count). The van der Waals surface area contributed by atoms with E-state index >= 15 is 0 Å². The first-order chi connectivity index (χ1) is 12.0. The van der Waals surface area contributed by atoms with E-state index in [2.05, 4.69) is 20.5 Å². The maximum absolute atomic E-state index is 12.2. The number of amides is 3. The highest BCUT2D eigenvalue weighted by atomic mass is 32.1. The third kappa shape index (κ3) is 4.68. The molecule has 1 unspecified atom stereocenters. The van der Waals surface area contributed by atoms with Crippen LogP contribution < -0.4 is 10.6 Å². The number of rotatable bonds is 5. The average Bonchev–Trinajstić information content (AvgIpc) is 3.16. The average molecular weight is 367 g/mol. The number of urea groups is 1. The number of aromatic nitrogens is 1. The van der Waals surface area contributed by atoms with Crippen LogP contribution in [0.3, 0.4) is 0 Å². The smallest absolute Gasteiger partial charge is 0.321 e. The van der Waals surface area contributed by atoms with E-state index < -0.39 is 6.04 Å². The van der Waals surface area contributed by atoms with Gasteiger partial charge in [0.2, 0.25) is 5.91 Å². The Labute approximate surface area is 151 Å². The van der Waals surface area contributed by atoms with Crippen LogP contribution in [-0.2, 0) is 16.1 Å². The van der Waals surface area contributed by atoms with Gasteiger partial charge in [-0.25, -0.2) is 9.78 Å². The maximum atomic E-state index is 12.2. The summed E-state index contributed by atoms with van der Waals surface area (Å²) in [7, 11) is 0. The van der Waals surface area contributed by atoms with Gasteiger partial charge < -0.3 is 15.0 Å². The predicted molar refractivity (Wildman–Crippen MR) is 95.6 cm³/mol. The lowest BCUT2D eigenvalue weighted by Crippen LogP contribution is -2.44. The van der Waals surface area contributed by atoms with Gasteiger partial charge in [0.25, 0.3) is 0 Å². The minimum Gasteiger partial charge on any atom is -0.379 e. The number of hydrogen-bond acceptors (Lipinski definition) is 6. The Morgan fingerprint density at radius 3 is 2.84 bits per heavy atom. The number of hydrogen-bond donors (Lipinski definition) is 2. The first-order valence-electron chi connectivity index (χ1n) is 8.65. The summed E-state index contributed by atoms with van der Waals surface area (Å²) in [5.41, 5.74) is 0.935. The van der Waals surface area contributed by atoms with E-state index in [1.54, 1.807) is 4.90 Å². The SMILES string of the molecule is CC(C)N1CCC(NC(=O)Nc2nc(CN3CCOCC3)cs2)C1=O. The predicted octanol–water partition coefficient (Wildman–Crippen LogP) is 1.11. The topological polar surface area (TPSA) is 86.8 Å². The van der Waals surface area contributed by atoms with Crippen LogP contribution in [0.1, 0.15) is 26.0 Å². The van der Waals surface area contributed by atoms with Crippen molar-refractivity contribution >= 4 is 28.4 Å². The molecule has 1 aromatic heterocycles. The van der Waals surface area contributed by atoms with Crippen LogP contribution in [-0.4, -0.2) is 71.7 Å². The lowest BCUT2D eigenvalue weighted by molar-refractivity contribution is -0.130. The fourth-order valence-corrected chi connectivity index (χ4v) is 3.76. The zero-order valence-corrected chi connectivity index (χ0v) is 15.5. The summed E-state index contributed by atoms with van der Waals surface area (Å²) in [5.74, 6) is -0.0164. The minimum absolute atomic E-state index is 0.0164. The molecule has 2 aliphatic heterocycles. The molecule has 2 saturated heterocycles. The number of anilines is 1. The lowest BCUT2D eigenvalue weighted by atomic mass is 10.2. The Morgan fingerprint density at radius 1 is 1.40 bits per heavy atom. The van der Waals surface area contributed by atoms with Crippen LogP contribution in [0.5, 0.6) is 0 Å². The van der Waals surface area contributed by atoms with Crippen LogP contribution in [0.2, 0.25) is 0 Å². The maximum Gasteiger partial charge on any atom is 0.321 e. The third-order valence-corrected chi connectivity index (χ3v) is 5.24. The van der Waals surface area contributed by atoms with E-state index in [9.17, 15) is 9.59 Å². The van der Waals surface area contributed by atoms with Crippen LogP contribution in [0.25, 0.3) is 0 Å². The normalized spacial score (nSPS) is 21.8. The van der Waals surface area contributed by atoms with Crippen LogP contribution >= 0.6 is 11.3 Å². The molecule has 25 heavy (non-hydrogen) atoms. The highest BCUT2D eigenvalue weighted by molar-refractivity contribution is 7.13. The number of carbonyl (C=O) groups excluding carboxylic acids is 2. The Morgan fingerprint density at radius 2 is 2.16 bits per heavy atom. The number of morpholine rings is 1. The molecule has 0 radical (unpaired) electrons. The second kappa shape index (κ2) is 8.11. The third-order valence-electron chi connectivity index (χ3n) is 4.43. The van der Waals surface area contributed by atoms with Crippen molar-refractivity contribution in [2.24, 2.45) is 0 Å². The van der Waals surface area contributed by atoms with Crippen molar-refractivity contribution in [1.82, 2.24) is 20.1 Å². The minimum atomic E-state index is -0.449. The molecule has 1 atom stereocenters. The van der Waals surface area contributed by atoms with Crippen molar-refractivity contribution in [3.05, 3.63) is 11.1 Å². The molecule has 9 heteroatoms. The van der Waals surface area contributed by atoms with E-state index in [0.717, 1.165) is 38.5 Å². The molecule has 0 bridgehead atoms. The van der Waals surface area contributed by atoms with Gasteiger partial charge in [0.05, 0.1) is 18.9 Å². The summed E-state index contributed by atoms with van der Waals surface area (Å²) in [6.45, 7) is 8.70. The fourth-order valence-electron chi connectivity index (χ4n) is 3.07. The molecule has 2 fully saturated rings. The van der Waals surface area contributed by atoms with Crippen molar-refractivity contribution in [1.29, 1.82) is 0 Å². The van der Waals surface area contributed by atoms with Gasteiger partial charge in [-0.05, 0) is 20.3 Å². The quantitative estimate of drug-likeness (QED) is 0.814. The summed E-state index contributed by atoms with van der Waals surface area (Å²) in [4.78, 5) is 32.9. The number of nitrogens with one attached hydrogen (secondary N) is 2. The monoisotopic (exact) mass is 367 g/mol. The van der Waals surface area contributed by atoms with Gasteiger partial charge in [0.15, 0.2) is 5.13 Å². The summed E-state index contributed by atoms with van der Waals surface area (Å²) in [6, 6.07) is -0.671. The van der Waals surface area contributed by atoms with E-state index in [-0.39, 0.29) is 18.0 Å². The molecule has 138 valence electrons. The molecule has 3 heterocycles. The number of likely N-dealkylation sites (tertiary alicyclic amines) is 1. The molecular weight excluding hydrogens is 342 g/mol. The van der Waals surface area contributed by atoms with Crippen LogP contribution in [0, 0.1) is 0 Å². The highest BCUT2D eigenvalue weighted by Crippen LogP contribution is 2.18. The van der Waals surface area contributed by atoms with Crippen molar-refractivity contribution in [3.8, 4) is 0 Å². The number of nitrogens with zero attached hydrogens (tertiary/aromatic N) is 3. The Hall–Kier alpha value is -1.71. The van der Waals surface area contributed by atoms with E-state index in [0.29, 0.717) is 18.1 Å². The fraction of sp³-hybridized carbons (Fsp3) is 0.688. The second-order valence-electron chi connectivity index (χ2n) is 6.60. The van der Waals surface area contributed by atoms with Gasteiger partial charge in [-0.1, -0.05) is 0 Å². The van der Waals surface area contributed by atoms with E-state index in [1.165, 1.54) is 11.3 Å². The standard InChI is InChI=1S/C16H25N5O3S/c1-11(2)21-4-3-13(14(21)22)18-15(23)19-16-17-12(10-25-16)9-20-5-7-24-8-6-20/h10-11,13H,3-9H2,1-2H3,(H2,17,18,19,23). The second-order valence-corrected chi connectivity index (χ2v) is 7.46. The van der Waals surface area contributed by atoms with Gasteiger partial charge in [0, 0.05) is 37.6 Å². The molecule has 0 aromatic carbocycles. The molecule has 0 saturated carbocycles. The van der Waals surface area contributed by atoms with Crippen molar-refractivity contribution in [2.75, 3.05) is 38.2 Å². The van der Waals surface area contributed by atoms with Gasteiger partial charge >= 0.3 is 6.03 Å². The highest BCUT2D eigenvalue weighted by Gasteiger charge is 2.34. The zero-order valence-electron chi connectivity index (χ0n) is 14.7. The molecule has 2 N–H and O–H groups in total. The molecule has 1 aromatic rings. The number of ether oxygens (including phenoxy) is 1. The summed E-state index contributed by atoms with van der Waals surface area (Å²) >= 11 is 1.39. The van der Waals surface area contributed by atoms with E-state index in [4.69, 9.17) is 4.74 Å². The molecule has 2 aliphatic rings. The van der Waals surface area contributed by atoms with Gasteiger partial charge in [0.1, 0.15) is 6.04 Å².